The number of aliphatic imine (C=N–C) groups is 1. The van der Waals surface area contributed by atoms with Crippen LogP contribution in [0.15, 0.2) is 23.2 Å². The zero-order valence-electron chi connectivity index (χ0n) is 14.8. The van der Waals surface area contributed by atoms with Crippen LogP contribution in [-0.2, 0) is 4.74 Å². The molecule has 0 bridgehead atoms. The number of hydrogen-bond donors (Lipinski definition) is 1. The van der Waals surface area contributed by atoms with Crippen molar-refractivity contribution in [2.45, 2.75) is 26.4 Å². The Morgan fingerprint density at radius 1 is 1.32 bits per heavy atom. The molecule has 1 aliphatic heterocycles. The normalized spacial score (nSPS) is 16.1. The summed E-state index contributed by atoms with van der Waals surface area (Å²) in [6.45, 7) is 7.73. The second kappa shape index (κ2) is 7.91. The number of halogens is 2. The van der Waals surface area contributed by atoms with Crippen molar-refractivity contribution in [1.29, 1.82) is 0 Å². The van der Waals surface area contributed by atoms with Gasteiger partial charge in [0.1, 0.15) is 17.3 Å². The number of alkyl halides is 1. The summed E-state index contributed by atoms with van der Waals surface area (Å²) in [5.74, 6) is -0.0966. The Morgan fingerprint density at radius 3 is 2.52 bits per heavy atom. The maximum Gasteiger partial charge on any atom is 0.410 e. The summed E-state index contributed by atoms with van der Waals surface area (Å²) in [5, 5.41) is 0. The van der Waals surface area contributed by atoms with Crippen LogP contribution in [0, 0.1) is 5.82 Å². The van der Waals surface area contributed by atoms with Gasteiger partial charge in [-0.05, 0) is 32.9 Å². The lowest BCUT2D eigenvalue weighted by Gasteiger charge is -2.37. The van der Waals surface area contributed by atoms with Crippen LogP contribution in [0.25, 0.3) is 0 Å². The van der Waals surface area contributed by atoms with E-state index in [0.29, 0.717) is 31.9 Å². The molecule has 0 atom stereocenters. The van der Waals surface area contributed by atoms with E-state index in [4.69, 9.17) is 22.1 Å². The Hall–Kier alpha value is -2.02. The number of ether oxygens (including phenoxy) is 1. The van der Waals surface area contributed by atoms with Gasteiger partial charge >= 0.3 is 6.09 Å². The van der Waals surface area contributed by atoms with Gasteiger partial charge in [0.2, 0.25) is 0 Å². The van der Waals surface area contributed by atoms with Crippen LogP contribution < -0.4 is 10.6 Å². The maximum absolute atomic E-state index is 13.6. The summed E-state index contributed by atoms with van der Waals surface area (Å²) >= 11 is 5.67. The average molecular weight is 371 g/mol. The van der Waals surface area contributed by atoms with E-state index < -0.39 is 11.4 Å². The molecule has 2 N–H and O–H groups in total. The molecule has 0 saturated carbocycles. The van der Waals surface area contributed by atoms with Crippen molar-refractivity contribution < 1.29 is 13.9 Å². The fourth-order valence-corrected chi connectivity index (χ4v) is 2.55. The third-order valence-corrected chi connectivity index (χ3v) is 3.88. The van der Waals surface area contributed by atoms with Crippen LogP contribution in [0.1, 0.15) is 20.8 Å². The highest BCUT2D eigenvalue weighted by molar-refractivity contribution is 6.28. The molecule has 0 aliphatic carbocycles. The van der Waals surface area contributed by atoms with Crippen LogP contribution in [0.2, 0.25) is 0 Å². The van der Waals surface area contributed by atoms with Gasteiger partial charge in [-0.2, -0.15) is 0 Å². The monoisotopic (exact) mass is 370 g/mol. The fourth-order valence-electron chi connectivity index (χ4n) is 2.49. The number of nitrogens with zero attached hydrogens (tertiary/aromatic N) is 3. The first-order valence-corrected chi connectivity index (χ1v) is 8.64. The lowest BCUT2D eigenvalue weighted by Crippen LogP contribution is -2.50. The van der Waals surface area contributed by atoms with Gasteiger partial charge in [0.25, 0.3) is 0 Å². The molecule has 0 radical (unpaired) electrons. The quantitative estimate of drug-likeness (QED) is 0.504. The number of benzene rings is 1. The third-order valence-electron chi connectivity index (χ3n) is 3.61. The minimum Gasteiger partial charge on any atom is -0.444 e. The summed E-state index contributed by atoms with van der Waals surface area (Å²) in [4.78, 5) is 20.0. The van der Waals surface area contributed by atoms with Crippen molar-refractivity contribution >= 4 is 34.9 Å². The summed E-state index contributed by atoms with van der Waals surface area (Å²) < 4.78 is 19.0. The standard InChI is InChI=1S/C17H24ClFN4O2/c1-17(2,3)25-16(24)23-8-6-22(7-9-23)14-5-4-12(19)10-13(14)21-15(20)11-18/h4-5,10H,6-9,11H2,1-3H3,(H2,20,21). The van der Waals surface area contributed by atoms with Crippen LogP contribution in [0.3, 0.4) is 0 Å². The molecule has 0 aromatic heterocycles. The molecule has 25 heavy (non-hydrogen) atoms. The van der Waals surface area contributed by atoms with Crippen molar-refractivity contribution in [2.24, 2.45) is 10.7 Å². The summed E-state index contributed by atoms with van der Waals surface area (Å²) in [5.41, 5.74) is 6.36. The fraction of sp³-hybridized carbons (Fsp3) is 0.529. The number of nitrogens with two attached hydrogens (primary N) is 1. The number of hydrogen-bond acceptors (Lipinski definition) is 4. The highest BCUT2D eigenvalue weighted by Gasteiger charge is 2.26. The molecule has 0 unspecified atom stereocenters. The molecule has 138 valence electrons. The van der Waals surface area contributed by atoms with Gasteiger partial charge in [-0.25, -0.2) is 14.2 Å². The highest BCUT2D eigenvalue weighted by Crippen LogP contribution is 2.30. The van der Waals surface area contributed by atoms with Crippen LogP contribution in [0.5, 0.6) is 0 Å². The molecule has 6 nitrogen and oxygen atoms in total. The first kappa shape index (κ1) is 19.3. The Kier molecular flexibility index (Phi) is 6.11. The number of carbonyl (C=O) groups excluding carboxylic acids is 1. The molecule has 2 rings (SSSR count). The van der Waals surface area contributed by atoms with Gasteiger partial charge in [-0.3, -0.25) is 0 Å². The van der Waals surface area contributed by atoms with E-state index in [9.17, 15) is 9.18 Å². The molecule has 1 aromatic rings. The number of rotatable bonds is 3. The van der Waals surface area contributed by atoms with E-state index in [2.05, 4.69) is 4.99 Å². The zero-order valence-corrected chi connectivity index (χ0v) is 15.5. The van der Waals surface area contributed by atoms with Crippen molar-refractivity contribution in [2.75, 3.05) is 37.0 Å². The van der Waals surface area contributed by atoms with E-state index in [1.165, 1.54) is 12.1 Å². The summed E-state index contributed by atoms with van der Waals surface area (Å²) in [7, 11) is 0. The molecule has 8 heteroatoms. The smallest absolute Gasteiger partial charge is 0.410 e. The molecule has 1 fully saturated rings. The first-order chi connectivity index (χ1) is 11.7. The molecular weight excluding hydrogens is 347 g/mol. The van der Waals surface area contributed by atoms with Crippen molar-refractivity contribution in [3.05, 3.63) is 24.0 Å². The van der Waals surface area contributed by atoms with E-state index in [-0.39, 0.29) is 17.8 Å². The van der Waals surface area contributed by atoms with Gasteiger partial charge in [-0.1, -0.05) is 0 Å². The predicted octanol–water partition coefficient (Wildman–Crippen LogP) is 3.11. The molecule has 1 amide bonds. The van der Waals surface area contributed by atoms with Gasteiger partial charge < -0.3 is 20.3 Å². The second-order valence-electron chi connectivity index (χ2n) is 6.82. The van der Waals surface area contributed by atoms with Crippen LogP contribution >= 0.6 is 11.6 Å². The minimum absolute atomic E-state index is 0.0718. The Morgan fingerprint density at radius 2 is 1.96 bits per heavy atom. The lowest BCUT2D eigenvalue weighted by atomic mass is 10.2. The molecule has 1 heterocycles. The maximum atomic E-state index is 13.6. The predicted molar refractivity (Wildman–Crippen MR) is 98.4 cm³/mol. The second-order valence-corrected chi connectivity index (χ2v) is 7.09. The molecule has 0 spiro atoms. The van der Waals surface area contributed by atoms with Gasteiger partial charge in [-0.15, -0.1) is 11.6 Å². The Balaban J connectivity index is 2.09. The minimum atomic E-state index is -0.522. The SMILES string of the molecule is CC(C)(C)OC(=O)N1CCN(c2ccc(F)cc2N=C(N)CCl)CC1. The summed E-state index contributed by atoms with van der Waals surface area (Å²) in [6, 6.07) is 4.37. The number of carbonyl (C=O) groups is 1. The largest absolute Gasteiger partial charge is 0.444 e. The average Bonchev–Trinajstić information content (AvgIpc) is 2.53. The lowest BCUT2D eigenvalue weighted by molar-refractivity contribution is 0.0240. The van der Waals surface area contributed by atoms with E-state index in [1.54, 1.807) is 11.0 Å². The van der Waals surface area contributed by atoms with Crippen molar-refractivity contribution in [1.82, 2.24) is 4.90 Å². The zero-order chi connectivity index (χ0) is 18.6. The summed E-state index contributed by atoms with van der Waals surface area (Å²) in [6.07, 6.45) is -0.323. The molecular formula is C17H24ClFN4O2. The van der Waals surface area contributed by atoms with Gasteiger partial charge in [0.15, 0.2) is 0 Å². The van der Waals surface area contributed by atoms with E-state index in [0.717, 1.165) is 5.69 Å². The first-order valence-electron chi connectivity index (χ1n) is 8.11. The van der Waals surface area contributed by atoms with Crippen molar-refractivity contribution in [3.63, 3.8) is 0 Å². The molecule has 1 aromatic carbocycles. The van der Waals surface area contributed by atoms with Crippen LogP contribution in [0.4, 0.5) is 20.6 Å². The van der Waals surface area contributed by atoms with Gasteiger partial charge in [0, 0.05) is 32.2 Å². The van der Waals surface area contributed by atoms with Crippen LogP contribution in [-0.4, -0.2) is 54.5 Å². The topological polar surface area (TPSA) is 71.2 Å². The van der Waals surface area contributed by atoms with E-state index in [1.807, 2.05) is 25.7 Å². The Bertz CT molecular complexity index is 653. The van der Waals surface area contributed by atoms with Crippen molar-refractivity contribution in [3.8, 4) is 0 Å². The molecule has 1 saturated heterocycles. The number of anilines is 1. The highest BCUT2D eigenvalue weighted by atomic mass is 35.5. The third kappa shape index (κ3) is 5.49. The molecule has 1 aliphatic rings. The number of amides is 1. The number of piperazine rings is 1. The Labute approximate surface area is 152 Å². The van der Waals surface area contributed by atoms with E-state index >= 15 is 0 Å². The number of amidine groups is 1. The van der Waals surface area contributed by atoms with Gasteiger partial charge in [0.05, 0.1) is 17.3 Å².